The van der Waals surface area contributed by atoms with Crippen LogP contribution in [0.2, 0.25) is 0 Å². The van der Waals surface area contributed by atoms with Crippen LogP contribution in [0, 0.1) is 0 Å². The SMILES string of the molecule is O=S(=O)(O)c1ccc2c(NNc3ccccc3)c(O)c(S(=O)(=O)O)cc2c1. The third kappa shape index (κ3) is 3.95. The lowest BCUT2D eigenvalue weighted by Crippen LogP contribution is -2.11. The van der Waals surface area contributed by atoms with Crippen molar-refractivity contribution in [2.45, 2.75) is 9.79 Å². The number of para-hydroxylation sites is 1. The lowest BCUT2D eigenvalue weighted by Gasteiger charge is -2.16. The first-order valence-electron chi connectivity index (χ1n) is 7.39. The summed E-state index contributed by atoms with van der Waals surface area (Å²) in [5, 5.41) is 10.6. The summed E-state index contributed by atoms with van der Waals surface area (Å²) in [6, 6.07) is 13.0. The first kappa shape index (κ1) is 18.9. The fraction of sp³-hybridized carbons (Fsp3) is 0. The van der Waals surface area contributed by atoms with Crippen molar-refractivity contribution in [1.29, 1.82) is 0 Å². The Morgan fingerprint density at radius 1 is 0.778 bits per heavy atom. The van der Waals surface area contributed by atoms with E-state index in [9.17, 15) is 31.0 Å². The first-order chi connectivity index (χ1) is 12.6. The van der Waals surface area contributed by atoms with Gasteiger partial charge in [0.1, 0.15) is 10.6 Å². The second kappa shape index (κ2) is 6.70. The minimum Gasteiger partial charge on any atom is -0.504 e. The van der Waals surface area contributed by atoms with Crippen LogP contribution in [0.15, 0.2) is 64.4 Å². The van der Waals surface area contributed by atoms with Gasteiger partial charge in [0.05, 0.1) is 10.6 Å². The van der Waals surface area contributed by atoms with Crippen LogP contribution in [0.4, 0.5) is 11.4 Å². The molecule has 27 heavy (non-hydrogen) atoms. The molecule has 0 aliphatic heterocycles. The average Bonchev–Trinajstić information content (AvgIpc) is 2.59. The molecule has 0 aliphatic rings. The highest BCUT2D eigenvalue weighted by molar-refractivity contribution is 7.86. The predicted octanol–water partition coefficient (Wildman–Crippen LogP) is 2.48. The number of aromatic hydroxyl groups is 1. The minimum absolute atomic E-state index is 0.0490. The van der Waals surface area contributed by atoms with Crippen LogP contribution >= 0.6 is 0 Å². The van der Waals surface area contributed by atoms with Crippen molar-refractivity contribution >= 4 is 42.4 Å². The van der Waals surface area contributed by atoms with Crippen molar-refractivity contribution in [3.8, 4) is 5.75 Å². The maximum atomic E-state index is 11.6. The Morgan fingerprint density at radius 2 is 1.44 bits per heavy atom. The largest absolute Gasteiger partial charge is 0.504 e. The molecule has 0 bridgehead atoms. The molecule has 0 aliphatic carbocycles. The van der Waals surface area contributed by atoms with E-state index in [1.165, 1.54) is 6.07 Å². The predicted molar refractivity (Wildman–Crippen MR) is 98.9 cm³/mol. The van der Waals surface area contributed by atoms with Gasteiger partial charge in [0.25, 0.3) is 20.2 Å². The van der Waals surface area contributed by atoms with Gasteiger partial charge < -0.3 is 10.5 Å². The van der Waals surface area contributed by atoms with E-state index in [0.717, 1.165) is 18.2 Å². The summed E-state index contributed by atoms with van der Waals surface area (Å²) in [6.07, 6.45) is 0. The Hall–Kier alpha value is -2.86. The van der Waals surface area contributed by atoms with Crippen LogP contribution in [0.5, 0.6) is 5.75 Å². The number of hydrogen-bond donors (Lipinski definition) is 5. The molecule has 0 heterocycles. The van der Waals surface area contributed by atoms with E-state index in [1.54, 1.807) is 30.3 Å². The fourth-order valence-electron chi connectivity index (χ4n) is 2.49. The van der Waals surface area contributed by atoms with Gasteiger partial charge in [-0.2, -0.15) is 16.8 Å². The van der Waals surface area contributed by atoms with E-state index < -0.39 is 35.8 Å². The zero-order valence-corrected chi connectivity index (χ0v) is 15.1. The molecule has 0 aromatic heterocycles. The molecule has 142 valence electrons. The zero-order valence-electron chi connectivity index (χ0n) is 13.5. The first-order valence-corrected chi connectivity index (χ1v) is 10.3. The van der Waals surface area contributed by atoms with Crippen LogP contribution in [0.25, 0.3) is 10.8 Å². The summed E-state index contributed by atoms with van der Waals surface area (Å²) < 4.78 is 64.4. The van der Waals surface area contributed by atoms with Gasteiger partial charge in [-0.05, 0) is 35.7 Å². The number of benzene rings is 3. The lowest BCUT2D eigenvalue weighted by molar-refractivity contribution is 0.445. The van der Waals surface area contributed by atoms with Crippen molar-refractivity contribution in [1.82, 2.24) is 0 Å². The van der Waals surface area contributed by atoms with Gasteiger partial charge in [-0.25, -0.2) is 0 Å². The number of anilines is 2. The van der Waals surface area contributed by atoms with E-state index >= 15 is 0 Å². The number of phenolic OH excluding ortho intramolecular Hbond substituents is 1. The van der Waals surface area contributed by atoms with Crippen LogP contribution in [-0.2, 0) is 20.2 Å². The fourth-order valence-corrected chi connectivity index (χ4v) is 3.63. The average molecular weight is 410 g/mol. The highest BCUT2D eigenvalue weighted by atomic mass is 32.2. The number of phenols is 1. The Balaban J connectivity index is 2.21. The van der Waals surface area contributed by atoms with E-state index in [1.807, 2.05) is 0 Å². The molecule has 0 radical (unpaired) electrons. The van der Waals surface area contributed by atoms with Gasteiger partial charge in [-0.15, -0.1) is 0 Å². The van der Waals surface area contributed by atoms with Crippen molar-refractivity contribution < 1.29 is 31.0 Å². The number of rotatable bonds is 5. The summed E-state index contributed by atoms with van der Waals surface area (Å²) >= 11 is 0. The molecule has 5 N–H and O–H groups in total. The summed E-state index contributed by atoms with van der Waals surface area (Å²) in [4.78, 5) is -1.29. The Kier molecular flexibility index (Phi) is 4.70. The van der Waals surface area contributed by atoms with E-state index in [2.05, 4.69) is 10.9 Å². The van der Waals surface area contributed by atoms with E-state index in [0.29, 0.717) is 5.69 Å². The minimum atomic E-state index is -4.81. The number of hydrogen-bond acceptors (Lipinski definition) is 7. The molecule has 0 amide bonds. The summed E-state index contributed by atoms with van der Waals surface area (Å²) in [5.41, 5.74) is 5.91. The molecule has 11 heteroatoms. The Bertz CT molecular complexity index is 1220. The zero-order chi connectivity index (χ0) is 19.8. The Morgan fingerprint density at radius 3 is 2.04 bits per heavy atom. The molecule has 3 rings (SSSR count). The monoisotopic (exact) mass is 410 g/mol. The molecule has 3 aromatic rings. The van der Waals surface area contributed by atoms with Gasteiger partial charge in [0.2, 0.25) is 0 Å². The van der Waals surface area contributed by atoms with Crippen molar-refractivity contribution in [3.63, 3.8) is 0 Å². The van der Waals surface area contributed by atoms with Gasteiger partial charge in [-0.3, -0.25) is 14.5 Å². The molecule has 0 atom stereocenters. The molecule has 0 fully saturated rings. The molecular formula is C16H14N2O7S2. The number of fused-ring (bicyclic) bond motifs is 1. The third-order valence-electron chi connectivity index (χ3n) is 3.73. The van der Waals surface area contributed by atoms with Crippen molar-refractivity contribution in [3.05, 3.63) is 54.6 Å². The molecule has 0 spiro atoms. The molecule has 0 saturated heterocycles. The molecule has 3 aromatic carbocycles. The second-order valence-electron chi connectivity index (χ2n) is 5.55. The molecule has 9 nitrogen and oxygen atoms in total. The van der Waals surface area contributed by atoms with E-state index in [4.69, 9.17) is 0 Å². The van der Waals surface area contributed by atoms with E-state index in [-0.39, 0.29) is 16.5 Å². The van der Waals surface area contributed by atoms with Crippen LogP contribution in [0.3, 0.4) is 0 Å². The topological polar surface area (TPSA) is 153 Å². The highest BCUT2D eigenvalue weighted by Crippen LogP contribution is 2.39. The maximum absolute atomic E-state index is 11.6. The highest BCUT2D eigenvalue weighted by Gasteiger charge is 2.22. The van der Waals surface area contributed by atoms with Gasteiger partial charge in [0.15, 0.2) is 5.75 Å². The van der Waals surface area contributed by atoms with Crippen LogP contribution in [0.1, 0.15) is 0 Å². The van der Waals surface area contributed by atoms with Crippen molar-refractivity contribution in [2.24, 2.45) is 0 Å². The summed E-state index contributed by atoms with van der Waals surface area (Å²) in [5.74, 6) is -0.756. The standard InChI is InChI=1S/C16H14N2O7S2/c19-16-14(27(23,24)25)9-10-8-12(26(20,21)22)6-7-13(10)15(16)18-17-11-4-2-1-3-5-11/h1-9,17-19H,(H,20,21,22)(H,23,24,25). The third-order valence-corrected chi connectivity index (χ3v) is 5.45. The van der Waals surface area contributed by atoms with Crippen molar-refractivity contribution in [2.75, 3.05) is 10.9 Å². The normalized spacial score (nSPS) is 12.1. The van der Waals surface area contributed by atoms with Crippen LogP contribution < -0.4 is 10.9 Å². The molecule has 0 unspecified atom stereocenters. The smallest absolute Gasteiger partial charge is 0.298 e. The molecule has 0 saturated carbocycles. The second-order valence-corrected chi connectivity index (χ2v) is 8.36. The quantitative estimate of drug-likeness (QED) is 0.242. The Labute approximate surface area is 154 Å². The number of nitrogens with one attached hydrogen (secondary N) is 2. The number of hydrazine groups is 1. The molecular weight excluding hydrogens is 396 g/mol. The van der Waals surface area contributed by atoms with Gasteiger partial charge in [0, 0.05) is 5.39 Å². The van der Waals surface area contributed by atoms with Gasteiger partial charge in [-0.1, -0.05) is 24.3 Å². The van der Waals surface area contributed by atoms with Crippen LogP contribution in [-0.4, -0.2) is 31.0 Å². The lowest BCUT2D eigenvalue weighted by atomic mass is 10.1. The van der Waals surface area contributed by atoms with Gasteiger partial charge >= 0.3 is 0 Å². The maximum Gasteiger partial charge on any atom is 0.298 e. The summed E-state index contributed by atoms with van der Waals surface area (Å²) in [7, 11) is -9.34. The summed E-state index contributed by atoms with van der Waals surface area (Å²) in [6.45, 7) is 0.